The van der Waals surface area contributed by atoms with Gasteiger partial charge in [0, 0.05) is 12.7 Å². The Bertz CT molecular complexity index is 784. The summed E-state index contributed by atoms with van der Waals surface area (Å²) in [5.74, 6) is 0.502. The second-order valence-electron chi connectivity index (χ2n) is 5.62. The van der Waals surface area contributed by atoms with E-state index in [1.54, 1.807) is 25.2 Å². The van der Waals surface area contributed by atoms with E-state index in [-0.39, 0.29) is 12.5 Å². The first-order chi connectivity index (χ1) is 10.9. The molecule has 1 aliphatic rings. The molecule has 0 saturated heterocycles. The van der Waals surface area contributed by atoms with Crippen LogP contribution in [0.5, 0.6) is 5.75 Å². The Labute approximate surface area is 137 Å². The third kappa shape index (κ3) is 3.22. The van der Waals surface area contributed by atoms with E-state index in [9.17, 15) is 9.00 Å². The summed E-state index contributed by atoms with van der Waals surface area (Å²) in [5.41, 5.74) is 3.65. The van der Waals surface area contributed by atoms with E-state index in [4.69, 9.17) is 4.74 Å². The van der Waals surface area contributed by atoms with Crippen molar-refractivity contribution in [1.82, 2.24) is 0 Å². The number of benzene rings is 2. The van der Waals surface area contributed by atoms with E-state index < -0.39 is 11.0 Å². The summed E-state index contributed by atoms with van der Waals surface area (Å²) < 4.78 is 20.9. The number of aryl methyl sites for hydroxylation is 2. The highest BCUT2D eigenvalue weighted by Gasteiger charge is 2.23. The van der Waals surface area contributed by atoms with Gasteiger partial charge >= 0.3 is 0 Å². The molecule has 1 unspecified atom stereocenters. The number of likely N-dealkylation sites (N-methyl/N-ethyl adjacent to an activating group) is 1. The first-order valence-corrected chi connectivity index (χ1v) is 8.39. The van der Waals surface area contributed by atoms with Crippen LogP contribution in [0.15, 0.2) is 41.3 Å². The fourth-order valence-corrected chi connectivity index (χ4v) is 3.43. The summed E-state index contributed by atoms with van der Waals surface area (Å²) in [7, 11) is 0.270. The van der Waals surface area contributed by atoms with Crippen molar-refractivity contribution in [2.45, 2.75) is 18.7 Å². The number of nitrogens with zero attached hydrogens (tertiary/aromatic N) is 1. The first kappa shape index (κ1) is 15.6. The Balaban J connectivity index is 1.87. The van der Waals surface area contributed by atoms with Crippen molar-refractivity contribution in [3.8, 4) is 5.75 Å². The SMILES string of the molecule is Cc1cc(C)cc(NS(=O)c2ccc3c(c2)N(C)C(=O)CO3)c1. The molecule has 1 amide bonds. The summed E-state index contributed by atoms with van der Waals surface area (Å²) in [6, 6.07) is 11.2. The Morgan fingerprint density at radius 3 is 2.52 bits per heavy atom. The predicted octanol–water partition coefficient (Wildman–Crippen LogP) is 2.79. The van der Waals surface area contributed by atoms with Crippen molar-refractivity contribution in [3.05, 3.63) is 47.5 Å². The van der Waals surface area contributed by atoms with Gasteiger partial charge in [-0.2, -0.15) is 0 Å². The number of anilines is 2. The van der Waals surface area contributed by atoms with Crippen LogP contribution in [0.1, 0.15) is 11.1 Å². The average molecular weight is 330 g/mol. The van der Waals surface area contributed by atoms with Gasteiger partial charge in [-0.25, -0.2) is 4.21 Å². The van der Waals surface area contributed by atoms with Gasteiger partial charge in [0.25, 0.3) is 5.91 Å². The molecule has 0 radical (unpaired) electrons. The Hall–Kier alpha value is -2.34. The Morgan fingerprint density at radius 2 is 1.83 bits per heavy atom. The van der Waals surface area contributed by atoms with E-state index in [0.717, 1.165) is 16.8 Å². The Morgan fingerprint density at radius 1 is 1.13 bits per heavy atom. The molecule has 120 valence electrons. The number of fused-ring (bicyclic) bond motifs is 1. The van der Waals surface area contributed by atoms with Gasteiger partial charge < -0.3 is 14.4 Å². The zero-order valence-corrected chi connectivity index (χ0v) is 14.1. The molecule has 1 aliphatic heterocycles. The number of carbonyl (C=O) groups is 1. The minimum atomic E-state index is -1.42. The van der Waals surface area contributed by atoms with Crippen LogP contribution in [0.2, 0.25) is 0 Å². The lowest BCUT2D eigenvalue weighted by Crippen LogP contribution is -2.35. The Kier molecular flexibility index (Phi) is 4.09. The molecule has 0 fully saturated rings. The van der Waals surface area contributed by atoms with Gasteiger partial charge in [0.05, 0.1) is 10.6 Å². The van der Waals surface area contributed by atoms with Gasteiger partial charge in [-0.05, 0) is 55.3 Å². The topological polar surface area (TPSA) is 58.6 Å². The molecule has 5 nitrogen and oxygen atoms in total. The third-order valence-electron chi connectivity index (χ3n) is 3.66. The zero-order chi connectivity index (χ0) is 16.6. The quantitative estimate of drug-likeness (QED) is 0.941. The molecule has 0 saturated carbocycles. The van der Waals surface area contributed by atoms with E-state index in [1.807, 2.05) is 26.0 Å². The lowest BCUT2D eigenvalue weighted by molar-refractivity contribution is -0.120. The molecule has 23 heavy (non-hydrogen) atoms. The van der Waals surface area contributed by atoms with Gasteiger partial charge in [0.1, 0.15) is 16.7 Å². The minimum absolute atomic E-state index is 0.0345. The standard InChI is InChI=1S/C17H18N2O3S/c1-11-6-12(2)8-13(7-11)18-23(21)14-4-5-16-15(9-14)19(3)17(20)10-22-16/h4-9,18H,10H2,1-3H3. The average Bonchev–Trinajstić information content (AvgIpc) is 2.49. The van der Waals surface area contributed by atoms with Crippen molar-refractivity contribution in [2.75, 3.05) is 23.3 Å². The summed E-state index contributed by atoms with van der Waals surface area (Å²) in [4.78, 5) is 13.8. The second kappa shape index (κ2) is 6.04. The minimum Gasteiger partial charge on any atom is -0.482 e. The van der Waals surface area contributed by atoms with E-state index in [2.05, 4.69) is 10.8 Å². The van der Waals surface area contributed by atoms with Crippen LogP contribution >= 0.6 is 0 Å². The smallest absolute Gasteiger partial charge is 0.264 e. The summed E-state index contributed by atoms with van der Waals surface area (Å²) >= 11 is 0. The first-order valence-electron chi connectivity index (χ1n) is 7.24. The molecule has 0 aromatic heterocycles. The van der Waals surface area contributed by atoms with Crippen molar-refractivity contribution in [1.29, 1.82) is 0 Å². The molecular formula is C17H18N2O3S. The number of ether oxygens (including phenoxy) is 1. The summed E-state index contributed by atoms with van der Waals surface area (Å²) in [6.07, 6.45) is 0. The number of carbonyl (C=O) groups excluding carboxylic acids is 1. The van der Waals surface area contributed by atoms with E-state index >= 15 is 0 Å². The lowest BCUT2D eigenvalue weighted by atomic mass is 10.1. The molecule has 6 heteroatoms. The predicted molar refractivity (Wildman–Crippen MR) is 91.3 cm³/mol. The monoisotopic (exact) mass is 330 g/mol. The number of hydrogen-bond donors (Lipinski definition) is 1. The van der Waals surface area contributed by atoms with Crippen LogP contribution in [-0.2, 0) is 15.8 Å². The van der Waals surface area contributed by atoms with E-state index in [1.165, 1.54) is 4.90 Å². The van der Waals surface area contributed by atoms with Crippen molar-refractivity contribution in [2.24, 2.45) is 0 Å². The molecule has 3 rings (SSSR count). The molecule has 1 N–H and O–H groups in total. The molecule has 0 aliphatic carbocycles. The van der Waals surface area contributed by atoms with Crippen molar-refractivity contribution < 1.29 is 13.7 Å². The molecule has 2 aromatic carbocycles. The molecular weight excluding hydrogens is 312 g/mol. The van der Waals surface area contributed by atoms with Crippen LogP contribution in [0.25, 0.3) is 0 Å². The third-order valence-corrected chi connectivity index (χ3v) is 4.77. The van der Waals surface area contributed by atoms with E-state index in [0.29, 0.717) is 16.3 Å². The number of amides is 1. The number of rotatable bonds is 3. The van der Waals surface area contributed by atoms with Gasteiger partial charge in [0.2, 0.25) is 0 Å². The fraction of sp³-hybridized carbons (Fsp3) is 0.235. The number of nitrogens with one attached hydrogen (secondary N) is 1. The van der Waals surface area contributed by atoms with Crippen LogP contribution in [0.3, 0.4) is 0 Å². The maximum absolute atomic E-state index is 12.6. The fourth-order valence-electron chi connectivity index (χ4n) is 2.57. The van der Waals surface area contributed by atoms with Crippen LogP contribution < -0.4 is 14.4 Å². The highest BCUT2D eigenvalue weighted by atomic mass is 32.2. The van der Waals surface area contributed by atoms with Crippen molar-refractivity contribution >= 4 is 28.3 Å². The molecule has 0 bridgehead atoms. The highest BCUT2D eigenvalue weighted by molar-refractivity contribution is 7.86. The number of hydrogen-bond acceptors (Lipinski definition) is 3. The maximum atomic E-state index is 12.6. The van der Waals surface area contributed by atoms with Crippen LogP contribution in [0.4, 0.5) is 11.4 Å². The van der Waals surface area contributed by atoms with Gasteiger partial charge in [0.15, 0.2) is 6.61 Å². The molecule has 1 heterocycles. The van der Waals surface area contributed by atoms with Crippen LogP contribution in [-0.4, -0.2) is 23.8 Å². The highest BCUT2D eigenvalue weighted by Crippen LogP contribution is 2.33. The van der Waals surface area contributed by atoms with Gasteiger partial charge in [-0.1, -0.05) is 6.07 Å². The van der Waals surface area contributed by atoms with Crippen molar-refractivity contribution in [3.63, 3.8) is 0 Å². The van der Waals surface area contributed by atoms with Gasteiger partial charge in [-0.3, -0.25) is 4.79 Å². The molecule has 2 aromatic rings. The second-order valence-corrected chi connectivity index (χ2v) is 6.83. The zero-order valence-electron chi connectivity index (χ0n) is 13.3. The largest absolute Gasteiger partial charge is 0.482 e. The maximum Gasteiger partial charge on any atom is 0.264 e. The normalized spacial score (nSPS) is 14.9. The molecule has 1 atom stereocenters. The summed E-state index contributed by atoms with van der Waals surface area (Å²) in [5, 5.41) is 0. The summed E-state index contributed by atoms with van der Waals surface area (Å²) in [6.45, 7) is 4.03. The molecule has 0 spiro atoms. The van der Waals surface area contributed by atoms with Gasteiger partial charge in [-0.15, -0.1) is 0 Å². The lowest BCUT2D eigenvalue weighted by Gasteiger charge is -2.26. The van der Waals surface area contributed by atoms with Crippen LogP contribution in [0, 0.1) is 13.8 Å².